The van der Waals surface area contributed by atoms with Gasteiger partial charge in [0.05, 0.1) is 11.4 Å². The zero-order chi connectivity index (χ0) is 21.5. The Balaban J connectivity index is 1.71. The normalized spacial score (nSPS) is 24.1. The number of nitrogens with zero attached hydrogens (tertiary/aromatic N) is 5. The van der Waals surface area contributed by atoms with Crippen LogP contribution in [0.3, 0.4) is 0 Å². The van der Waals surface area contributed by atoms with Crippen molar-refractivity contribution in [2.24, 2.45) is 18.9 Å². The summed E-state index contributed by atoms with van der Waals surface area (Å²) in [5.41, 5.74) is 5.47. The molecule has 1 saturated carbocycles. The Bertz CT molecular complexity index is 1030. The SMILES string of the molecule is CC1CC(C)CC(C)(c2ccnc(-c3cccc(-c4nn(C)cc4N(C)C)c3)n2)C1. The summed E-state index contributed by atoms with van der Waals surface area (Å²) < 4.78 is 1.86. The van der Waals surface area contributed by atoms with Gasteiger partial charge in [0, 0.05) is 50.1 Å². The van der Waals surface area contributed by atoms with E-state index in [2.05, 4.69) is 66.1 Å². The summed E-state index contributed by atoms with van der Waals surface area (Å²) >= 11 is 0. The molecule has 5 heteroatoms. The highest BCUT2D eigenvalue weighted by atomic mass is 15.3. The molecule has 0 aliphatic heterocycles. The minimum atomic E-state index is 0.117. The fourth-order valence-electron chi connectivity index (χ4n) is 5.33. The van der Waals surface area contributed by atoms with Crippen molar-refractivity contribution >= 4 is 5.69 Å². The van der Waals surface area contributed by atoms with Crippen LogP contribution in [0.1, 0.15) is 45.7 Å². The minimum absolute atomic E-state index is 0.117. The quantitative estimate of drug-likeness (QED) is 0.591. The van der Waals surface area contributed by atoms with E-state index in [9.17, 15) is 0 Å². The summed E-state index contributed by atoms with van der Waals surface area (Å²) in [5.74, 6) is 2.26. The number of benzene rings is 1. The molecular formula is C25H33N5. The van der Waals surface area contributed by atoms with Crippen LogP contribution in [0.4, 0.5) is 5.69 Å². The van der Waals surface area contributed by atoms with Crippen molar-refractivity contribution in [3.05, 3.63) is 48.4 Å². The second-order valence-electron chi connectivity index (χ2n) is 9.69. The molecule has 30 heavy (non-hydrogen) atoms. The molecule has 1 aliphatic rings. The molecule has 158 valence electrons. The van der Waals surface area contributed by atoms with Crippen molar-refractivity contribution in [3.63, 3.8) is 0 Å². The molecule has 0 radical (unpaired) electrons. The first-order valence-electron chi connectivity index (χ1n) is 10.9. The Labute approximate surface area is 180 Å². The monoisotopic (exact) mass is 403 g/mol. The third-order valence-corrected chi connectivity index (χ3v) is 6.36. The van der Waals surface area contributed by atoms with Crippen LogP contribution in [-0.4, -0.2) is 33.8 Å². The van der Waals surface area contributed by atoms with Crippen molar-refractivity contribution in [1.82, 2.24) is 19.7 Å². The molecule has 4 rings (SSSR count). The maximum Gasteiger partial charge on any atom is 0.159 e. The van der Waals surface area contributed by atoms with Gasteiger partial charge in [0.2, 0.25) is 0 Å². The molecule has 1 aromatic carbocycles. The van der Waals surface area contributed by atoms with Crippen LogP contribution < -0.4 is 4.90 Å². The van der Waals surface area contributed by atoms with E-state index in [4.69, 9.17) is 4.98 Å². The first kappa shape index (κ1) is 20.6. The molecule has 0 bridgehead atoms. The Morgan fingerprint density at radius 1 is 1.07 bits per heavy atom. The van der Waals surface area contributed by atoms with E-state index in [1.807, 2.05) is 38.2 Å². The molecule has 2 atom stereocenters. The average Bonchev–Trinajstić information content (AvgIpc) is 3.09. The van der Waals surface area contributed by atoms with Gasteiger partial charge in [-0.3, -0.25) is 4.68 Å². The van der Waals surface area contributed by atoms with Crippen molar-refractivity contribution in [1.29, 1.82) is 0 Å². The lowest BCUT2D eigenvalue weighted by Gasteiger charge is -2.40. The lowest BCUT2D eigenvalue weighted by atomic mass is 9.66. The van der Waals surface area contributed by atoms with E-state index in [1.54, 1.807) is 0 Å². The van der Waals surface area contributed by atoms with Gasteiger partial charge in [0.15, 0.2) is 5.82 Å². The van der Waals surface area contributed by atoms with Crippen LogP contribution in [-0.2, 0) is 12.5 Å². The number of aromatic nitrogens is 4. The van der Waals surface area contributed by atoms with Gasteiger partial charge in [-0.1, -0.05) is 39.0 Å². The number of rotatable bonds is 4. The number of hydrogen-bond donors (Lipinski definition) is 0. The van der Waals surface area contributed by atoms with E-state index < -0.39 is 0 Å². The molecule has 0 saturated heterocycles. The van der Waals surface area contributed by atoms with E-state index in [0.29, 0.717) is 0 Å². The van der Waals surface area contributed by atoms with E-state index in [1.165, 1.54) is 25.0 Å². The molecular weight excluding hydrogens is 370 g/mol. The second kappa shape index (κ2) is 7.86. The first-order valence-corrected chi connectivity index (χ1v) is 10.9. The molecule has 1 aliphatic carbocycles. The number of anilines is 1. The molecule has 2 heterocycles. The standard InChI is InChI=1S/C25H33N5/c1-17-12-18(2)15-25(3,14-17)22-10-11-26-24(27-22)20-9-7-8-19(13-20)23-21(29(4)5)16-30(6)28-23/h7-11,13,16-18H,12,14-15H2,1-6H3. The van der Waals surface area contributed by atoms with Gasteiger partial charge in [0.25, 0.3) is 0 Å². The van der Waals surface area contributed by atoms with Crippen LogP contribution in [0.15, 0.2) is 42.7 Å². The zero-order valence-corrected chi connectivity index (χ0v) is 19.1. The van der Waals surface area contributed by atoms with Crippen LogP contribution in [0, 0.1) is 11.8 Å². The highest BCUT2D eigenvalue weighted by molar-refractivity contribution is 5.77. The minimum Gasteiger partial charge on any atom is -0.375 e. The molecule has 3 aromatic rings. The molecule has 0 spiro atoms. The Morgan fingerprint density at radius 3 is 2.47 bits per heavy atom. The maximum atomic E-state index is 5.06. The third-order valence-electron chi connectivity index (χ3n) is 6.36. The van der Waals surface area contributed by atoms with Crippen LogP contribution in [0.25, 0.3) is 22.6 Å². The predicted molar refractivity (Wildman–Crippen MR) is 124 cm³/mol. The van der Waals surface area contributed by atoms with Crippen molar-refractivity contribution in [2.45, 2.75) is 45.4 Å². The van der Waals surface area contributed by atoms with Gasteiger partial charge in [-0.2, -0.15) is 5.10 Å². The van der Waals surface area contributed by atoms with Gasteiger partial charge >= 0.3 is 0 Å². The highest BCUT2D eigenvalue weighted by Crippen LogP contribution is 2.43. The summed E-state index contributed by atoms with van der Waals surface area (Å²) in [6.07, 6.45) is 7.66. The van der Waals surface area contributed by atoms with E-state index >= 15 is 0 Å². The lowest BCUT2D eigenvalue weighted by molar-refractivity contribution is 0.190. The predicted octanol–water partition coefficient (Wildman–Crippen LogP) is 5.32. The van der Waals surface area contributed by atoms with Crippen LogP contribution in [0.2, 0.25) is 0 Å². The van der Waals surface area contributed by atoms with Crippen molar-refractivity contribution in [3.8, 4) is 22.6 Å². The first-order chi connectivity index (χ1) is 14.2. The van der Waals surface area contributed by atoms with E-state index in [-0.39, 0.29) is 5.41 Å². The van der Waals surface area contributed by atoms with Gasteiger partial charge in [-0.25, -0.2) is 9.97 Å². The third kappa shape index (κ3) is 3.98. The van der Waals surface area contributed by atoms with Crippen LogP contribution >= 0.6 is 0 Å². The topological polar surface area (TPSA) is 46.8 Å². The average molecular weight is 404 g/mol. The highest BCUT2D eigenvalue weighted by Gasteiger charge is 2.36. The Kier molecular flexibility index (Phi) is 5.39. The number of aryl methyl sites for hydroxylation is 1. The van der Waals surface area contributed by atoms with E-state index in [0.717, 1.165) is 40.2 Å². The smallest absolute Gasteiger partial charge is 0.159 e. The molecule has 5 nitrogen and oxygen atoms in total. The molecule has 0 N–H and O–H groups in total. The number of hydrogen-bond acceptors (Lipinski definition) is 4. The van der Waals surface area contributed by atoms with Gasteiger partial charge in [-0.05, 0) is 43.2 Å². The van der Waals surface area contributed by atoms with Crippen molar-refractivity contribution in [2.75, 3.05) is 19.0 Å². The molecule has 1 fully saturated rings. The van der Waals surface area contributed by atoms with Crippen LogP contribution in [0.5, 0.6) is 0 Å². The molecule has 0 amide bonds. The molecule has 2 unspecified atom stereocenters. The Morgan fingerprint density at radius 2 is 1.77 bits per heavy atom. The summed E-state index contributed by atoms with van der Waals surface area (Å²) in [4.78, 5) is 11.8. The summed E-state index contributed by atoms with van der Waals surface area (Å²) in [6, 6.07) is 10.5. The summed E-state index contributed by atoms with van der Waals surface area (Å²) in [5, 5.41) is 4.69. The van der Waals surface area contributed by atoms with Gasteiger partial charge < -0.3 is 4.90 Å². The second-order valence-corrected chi connectivity index (χ2v) is 9.69. The fraction of sp³-hybridized carbons (Fsp3) is 0.480. The van der Waals surface area contributed by atoms with Gasteiger partial charge in [-0.15, -0.1) is 0 Å². The van der Waals surface area contributed by atoms with Gasteiger partial charge in [0.1, 0.15) is 5.69 Å². The molecule has 2 aromatic heterocycles. The maximum absolute atomic E-state index is 5.06. The summed E-state index contributed by atoms with van der Waals surface area (Å²) in [7, 11) is 6.05. The Hall–Kier alpha value is -2.69. The van der Waals surface area contributed by atoms with Crippen molar-refractivity contribution < 1.29 is 0 Å². The fourth-order valence-corrected chi connectivity index (χ4v) is 5.33. The largest absolute Gasteiger partial charge is 0.375 e. The summed E-state index contributed by atoms with van der Waals surface area (Å²) in [6.45, 7) is 7.11. The zero-order valence-electron chi connectivity index (χ0n) is 19.1. The lowest BCUT2D eigenvalue weighted by Crippen LogP contribution is -2.33.